The second-order valence-corrected chi connectivity index (χ2v) is 5.75. The zero-order chi connectivity index (χ0) is 14.7. The second kappa shape index (κ2) is 6.33. The molecule has 0 aliphatic rings. The van der Waals surface area contributed by atoms with Gasteiger partial charge >= 0.3 is 5.97 Å². The van der Waals surface area contributed by atoms with Crippen LogP contribution in [0.1, 0.15) is 27.0 Å². The maximum absolute atomic E-state index is 11.4. The Morgan fingerprint density at radius 2 is 1.95 bits per heavy atom. The molecule has 4 heteroatoms. The van der Waals surface area contributed by atoms with Crippen LogP contribution >= 0.6 is 23.4 Å². The van der Waals surface area contributed by atoms with Crippen molar-refractivity contribution >= 4 is 29.3 Å². The number of rotatable bonds is 4. The molecule has 0 saturated heterocycles. The number of carbonyl (C=O) groups is 1. The molecule has 0 aliphatic carbocycles. The molecule has 2 rings (SSSR count). The van der Waals surface area contributed by atoms with Crippen LogP contribution in [-0.2, 0) is 6.42 Å². The summed E-state index contributed by atoms with van der Waals surface area (Å²) in [6, 6.07) is 11.2. The molecule has 0 heterocycles. The Balaban J connectivity index is 2.52. The van der Waals surface area contributed by atoms with E-state index in [9.17, 15) is 9.90 Å². The minimum atomic E-state index is -0.915. The first kappa shape index (κ1) is 14.9. The molecule has 2 aromatic rings. The Hall–Kier alpha value is -1.45. The van der Waals surface area contributed by atoms with E-state index in [4.69, 9.17) is 11.6 Å². The number of carboxylic acid groups (broad SMARTS) is 1. The average molecular weight is 307 g/mol. The number of aromatic carboxylic acids is 1. The molecule has 0 aromatic heterocycles. The number of halogens is 1. The van der Waals surface area contributed by atoms with Gasteiger partial charge < -0.3 is 5.11 Å². The highest BCUT2D eigenvalue weighted by Crippen LogP contribution is 2.28. The van der Waals surface area contributed by atoms with Crippen LogP contribution in [0.4, 0.5) is 0 Å². The lowest BCUT2D eigenvalue weighted by molar-refractivity contribution is 0.0695. The first-order valence-electron chi connectivity index (χ1n) is 6.17. The molecule has 0 bridgehead atoms. The van der Waals surface area contributed by atoms with Gasteiger partial charge in [-0.1, -0.05) is 29.8 Å². The summed E-state index contributed by atoms with van der Waals surface area (Å²) in [5, 5.41) is 9.94. The van der Waals surface area contributed by atoms with Crippen molar-refractivity contribution in [2.45, 2.75) is 18.2 Å². The fraction of sp³-hybridized carbons (Fsp3) is 0.188. The Kier molecular flexibility index (Phi) is 4.73. The molecule has 0 saturated carbocycles. The third-order valence-electron chi connectivity index (χ3n) is 3.32. The van der Waals surface area contributed by atoms with Crippen LogP contribution in [0.2, 0.25) is 5.02 Å². The summed E-state index contributed by atoms with van der Waals surface area (Å²) < 4.78 is 0. The summed E-state index contributed by atoms with van der Waals surface area (Å²) in [5.41, 5.74) is 3.06. The number of carboxylic acids is 1. The third-order valence-corrected chi connectivity index (χ3v) is 4.57. The van der Waals surface area contributed by atoms with Crippen LogP contribution in [0, 0.1) is 6.92 Å². The van der Waals surface area contributed by atoms with Crippen LogP contribution < -0.4 is 0 Å². The van der Waals surface area contributed by atoms with Gasteiger partial charge in [-0.05, 0) is 54.5 Å². The van der Waals surface area contributed by atoms with Gasteiger partial charge in [-0.2, -0.15) is 0 Å². The fourth-order valence-electron chi connectivity index (χ4n) is 2.20. The summed E-state index contributed by atoms with van der Waals surface area (Å²) >= 11 is 7.79. The van der Waals surface area contributed by atoms with Crippen LogP contribution in [0.3, 0.4) is 0 Å². The molecule has 2 aromatic carbocycles. The quantitative estimate of drug-likeness (QED) is 0.835. The van der Waals surface area contributed by atoms with Gasteiger partial charge in [0.25, 0.3) is 0 Å². The lowest BCUT2D eigenvalue weighted by Gasteiger charge is -2.13. The molecule has 0 aliphatic heterocycles. The topological polar surface area (TPSA) is 37.3 Å². The van der Waals surface area contributed by atoms with Crippen molar-refractivity contribution in [3.05, 3.63) is 63.7 Å². The van der Waals surface area contributed by atoms with Crippen molar-refractivity contribution in [3.8, 4) is 0 Å². The van der Waals surface area contributed by atoms with Crippen molar-refractivity contribution in [1.82, 2.24) is 0 Å². The van der Waals surface area contributed by atoms with E-state index in [0.29, 0.717) is 17.0 Å². The van der Waals surface area contributed by atoms with Gasteiger partial charge in [-0.3, -0.25) is 0 Å². The molecule has 0 unspecified atom stereocenters. The monoisotopic (exact) mass is 306 g/mol. The van der Waals surface area contributed by atoms with Crippen molar-refractivity contribution < 1.29 is 9.90 Å². The molecular formula is C16H15ClO2S. The van der Waals surface area contributed by atoms with Crippen molar-refractivity contribution in [1.29, 1.82) is 0 Å². The minimum Gasteiger partial charge on any atom is -0.478 e. The first-order chi connectivity index (χ1) is 9.54. The van der Waals surface area contributed by atoms with E-state index in [-0.39, 0.29) is 0 Å². The number of hydrogen-bond acceptors (Lipinski definition) is 2. The molecule has 20 heavy (non-hydrogen) atoms. The normalized spacial score (nSPS) is 10.6. The zero-order valence-corrected chi connectivity index (χ0v) is 12.9. The minimum absolute atomic E-state index is 0.322. The fourth-order valence-corrected chi connectivity index (χ4v) is 2.99. The number of thioether (sulfide) groups is 1. The molecule has 2 nitrogen and oxygen atoms in total. The van der Waals surface area contributed by atoms with Crippen LogP contribution in [0.15, 0.2) is 41.3 Å². The predicted molar refractivity (Wildman–Crippen MR) is 84.2 cm³/mol. The van der Waals surface area contributed by atoms with Crippen molar-refractivity contribution in [3.63, 3.8) is 0 Å². The van der Waals surface area contributed by atoms with Crippen LogP contribution in [-0.4, -0.2) is 17.3 Å². The molecule has 0 atom stereocenters. The van der Waals surface area contributed by atoms with E-state index in [1.165, 1.54) is 0 Å². The Morgan fingerprint density at radius 1 is 1.25 bits per heavy atom. The maximum Gasteiger partial charge on any atom is 0.335 e. The third kappa shape index (κ3) is 3.00. The van der Waals surface area contributed by atoms with Gasteiger partial charge in [0.2, 0.25) is 0 Å². The highest BCUT2D eigenvalue weighted by molar-refractivity contribution is 7.98. The van der Waals surface area contributed by atoms with Gasteiger partial charge in [0.15, 0.2) is 0 Å². The van der Waals surface area contributed by atoms with Gasteiger partial charge in [-0.15, -0.1) is 11.8 Å². The Morgan fingerprint density at radius 3 is 2.60 bits per heavy atom. The van der Waals surface area contributed by atoms with Gasteiger partial charge in [0, 0.05) is 9.92 Å². The van der Waals surface area contributed by atoms with E-state index in [2.05, 4.69) is 0 Å². The highest BCUT2D eigenvalue weighted by atomic mass is 35.5. The van der Waals surface area contributed by atoms with E-state index in [1.807, 2.05) is 37.4 Å². The van der Waals surface area contributed by atoms with Gasteiger partial charge in [-0.25, -0.2) is 4.79 Å². The highest BCUT2D eigenvalue weighted by Gasteiger charge is 2.16. The molecule has 1 N–H and O–H groups in total. The number of benzene rings is 2. The molecule has 0 fully saturated rings. The second-order valence-electron chi connectivity index (χ2n) is 4.49. The Bertz CT molecular complexity index is 653. The van der Waals surface area contributed by atoms with E-state index < -0.39 is 5.97 Å². The van der Waals surface area contributed by atoms with Gasteiger partial charge in [0.1, 0.15) is 0 Å². The predicted octanol–water partition coefficient (Wildman–Crippen LogP) is 4.66. The summed E-state index contributed by atoms with van der Waals surface area (Å²) in [5.74, 6) is -0.915. The van der Waals surface area contributed by atoms with E-state index >= 15 is 0 Å². The molecule has 0 spiro atoms. The lowest BCUT2D eigenvalue weighted by atomic mass is 9.95. The smallest absolute Gasteiger partial charge is 0.335 e. The standard InChI is InChI=1S/C16H15ClO2S/c1-10-13(12(16(18)19)7-8-14(10)17)9-11-5-3-4-6-15(11)20-2/h3-8H,9H2,1-2H3,(H,18,19). The maximum atomic E-state index is 11.4. The summed E-state index contributed by atoms with van der Waals surface area (Å²) in [6.07, 6.45) is 2.59. The molecule has 104 valence electrons. The largest absolute Gasteiger partial charge is 0.478 e. The number of hydrogen-bond donors (Lipinski definition) is 1. The summed E-state index contributed by atoms with van der Waals surface area (Å²) in [7, 11) is 0. The van der Waals surface area contributed by atoms with Crippen molar-refractivity contribution in [2.75, 3.05) is 6.26 Å². The van der Waals surface area contributed by atoms with Crippen molar-refractivity contribution in [2.24, 2.45) is 0 Å². The lowest BCUT2D eigenvalue weighted by Crippen LogP contribution is -2.06. The molecule has 0 amide bonds. The molecular weight excluding hydrogens is 292 g/mol. The Labute approximate surface area is 127 Å². The average Bonchev–Trinajstić information content (AvgIpc) is 2.44. The molecule has 0 radical (unpaired) electrons. The van der Waals surface area contributed by atoms with E-state index in [1.54, 1.807) is 23.9 Å². The van der Waals surface area contributed by atoms with Gasteiger partial charge in [0.05, 0.1) is 5.56 Å². The summed E-state index contributed by atoms with van der Waals surface area (Å²) in [6.45, 7) is 1.87. The van der Waals surface area contributed by atoms with E-state index in [0.717, 1.165) is 21.6 Å². The summed E-state index contributed by atoms with van der Waals surface area (Å²) in [4.78, 5) is 12.5. The SMILES string of the molecule is CSc1ccccc1Cc1c(C(=O)O)ccc(Cl)c1C. The zero-order valence-electron chi connectivity index (χ0n) is 11.3. The van der Waals surface area contributed by atoms with Crippen LogP contribution in [0.5, 0.6) is 0 Å². The van der Waals surface area contributed by atoms with Crippen LogP contribution in [0.25, 0.3) is 0 Å². The first-order valence-corrected chi connectivity index (χ1v) is 7.78.